The second-order valence-corrected chi connectivity index (χ2v) is 5.20. The molecule has 0 radical (unpaired) electrons. The van der Waals surface area contributed by atoms with Crippen LogP contribution in [0.2, 0.25) is 5.02 Å². The van der Waals surface area contributed by atoms with E-state index in [0.29, 0.717) is 0 Å². The minimum Gasteiger partial charge on any atom is -0.370 e. The molecular weight excluding hydrogens is 234 g/mol. The van der Waals surface area contributed by atoms with Crippen molar-refractivity contribution in [3.8, 4) is 0 Å². The zero-order chi connectivity index (χ0) is 12.3. The largest absolute Gasteiger partial charge is 0.370 e. The maximum atomic E-state index is 6.18. The van der Waals surface area contributed by atoms with E-state index in [4.69, 9.17) is 11.6 Å². The Labute approximate surface area is 108 Å². The second-order valence-electron chi connectivity index (χ2n) is 4.80. The van der Waals surface area contributed by atoms with Gasteiger partial charge in [0.2, 0.25) is 0 Å². The van der Waals surface area contributed by atoms with Crippen molar-refractivity contribution in [1.29, 1.82) is 0 Å². The first-order valence-electron chi connectivity index (χ1n) is 6.27. The lowest BCUT2D eigenvalue weighted by Crippen LogP contribution is -2.21. The fourth-order valence-electron chi connectivity index (χ4n) is 1.94. The summed E-state index contributed by atoms with van der Waals surface area (Å²) < 4.78 is 0. The summed E-state index contributed by atoms with van der Waals surface area (Å²) in [5.41, 5.74) is 0.966. The zero-order valence-electron chi connectivity index (χ0n) is 10.5. The third-order valence-electron chi connectivity index (χ3n) is 2.96. The third kappa shape index (κ3) is 3.86. The quantitative estimate of drug-likeness (QED) is 0.845. The first kappa shape index (κ1) is 12.7. The van der Waals surface area contributed by atoms with Crippen molar-refractivity contribution in [2.24, 2.45) is 5.92 Å². The predicted molar refractivity (Wildman–Crippen MR) is 72.5 cm³/mol. The molecule has 1 N–H and O–H groups in total. The minimum atomic E-state index is 0.759. The molecule has 1 aromatic heterocycles. The molecule has 4 heteroatoms. The highest BCUT2D eigenvalue weighted by atomic mass is 35.5. The number of aromatic nitrogens is 1. The van der Waals surface area contributed by atoms with Crippen LogP contribution in [0.4, 0.5) is 5.82 Å². The average Bonchev–Trinajstić information content (AvgIpc) is 3.07. The highest BCUT2D eigenvalue weighted by Crippen LogP contribution is 2.30. The van der Waals surface area contributed by atoms with Crippen molar-refractivity contribution >= 4 is 17.4 Å². The molecule has 1 aromatic rings. The van der Waals surface area contributed by atoms with Crippen LogP contribution in [0.1, 0.15) is 25.5 Å². The normalized spacial score (nSPS) is 15.3. The molecule has 0 aromatic carbocycles. The topological polar surface area (TPSA) is 28.2 Å². The van der Waals surface area contributed by atoms with Crippen LogP contribution in [0.15, 0.2) is 12.1 Å². The fourth-order valence-corrected chi connectivity index (χ4v) is 2.10. The molecule has 3 nitrogen and oxygen atoms in total. The Bertz CT molecular complexity index is 377. The molecule has 2 rings (SSSR count). The Kier molecular flexibility index (Phi) is 4.24. The molecule has 0 bridgehead atoms. The van der Waals surface area contributed by atoms with Crippen LogP contribution in [0.25, 0.3) is 0 Å². The zero-order valence-corrected chi connectivity index (χ0v) is 11.3. The van der Waals surface area contributed by atoms with Crippen LogP contribution in [-0.4, -0.2) is 30.0 Å². The molecule has 0 saturated heterocycles. The SMILES string of the molecule is CCNc1ccc(Cl)c(CN(C)CC2CC2)n1. The highest BCUT2D eigenvalue weighted by Gasteiger charge is 2.23. The van der Waals surface area contributed by atoms with Crippen molar-refractivity contribution < 1.29 is 0 Å². The third-order valence-corrected chi connectivity index (χ3v) is 3.31. The molecule has 0 spiro atoms. The van der Waals surface area contributed by atoms with Gasteiger partial charge < -0.3 is 10.2 Å². The van der Waals surface area contributed by atoms with Gasteiger partial charge in [0.1, 0.15) is 5.82 Å². The average molecular weight is 254 g/mol. The number of pyridine rings is 1. The van der Waals surface area contributed by atoms with Gasteiger partial charge in [-0.3, -0.25) is 0 Å². The van der Waals surface area contributed by atoms with E-state index < -0.39 is 0 Å². The number of hydrogen-bond donors (Lipinski definition) is 1. The van der Waals surface area contributed by atoms with Crippen molar-refractivity contribution in [3.63, 3.8) is 0 Å². The van der Waals surface area contributed by atoms with Gasteiger partial charge in [-0.15, -0.1) is 0 Å². The Morgan fingerprint density at radius 2 is 2.24 bits per heavy atom. The molecular formula is C13H20ClN3. The number of halogens is 1. The molecule has 1 aliphatic rings. The lowest BCUT2D eigenvalue weighted by Gasteiger charge is -2.17. The van der Waals surface area contributed by atoms with Crippen LogP contribution in [0.5, 0.6) is 0 Å². The molecule has 1 heterocycles. The van der Waals surface area contributed by atoms with Crippen molar-refractivity contribution in [1.82, 2.24) is 9.88 Å². The van der Waals surface area contributed by atoms with Gasteiger partial charge in [-0.05, 0) is 44.9 Å². The summed E-state index contributed by atoms with van der Waals surface area (Å²) in [5.74, 6) is 1.81. The summed E-state index contributed by atoms with van der Waals surface area (Å²) in [5, 5.41) is 3.97. The number of nitrogens with zero attached hydrogens (tertiary/aromatic N) is 2. The molecule has 0 aliphatic heterocycles. The van der Waals surface area contributed by atoms with Gasteiger partial charge in [-0.25, -0.2) is 4.98 Å². The molecule has 1 aliphatic carbocycles. The molecule has 0 unspecified atom stereocenters. The van der Waals surface area contributed by atoms with Gasteiger partial charge in [0.15, 0.2) is 0 Å². The van der Waals surface area contributed by atoms with Gasteiger partial charge in [0.05, 0.1) is 10.7 Å². The summed E-state index contributed by atoms with van der Waals surface area (Å²) in [4.78, 5) is 6.85. The van der Waals surface area contributed by atoms with Gasteiger partial charge in [-0.2, -0.15) is 0 Å². The fraction of sp³-hybridized carbons (Fsp3) is 0.615. The summed E-state index contributed by atoms with van der Waals surface area (Å²) >= 11 is 6.18. The predicted octanol–water partition coefficient (Wildman–Crippen LogP) is 3.01. The number of anilines is 1. The Hall–Kier alpha value is -0.800. The molecule has 0 atom stereocenters. The standard InChI is InChI=1S/C13H20ClN3/c1-3-15-13-7-6-11(14)12(16-13)9-17(2)8-10-4-5-10/h6-7,10H,3-5,8-9H2,1-2H3,(H,15,16). The maximum Gasteiger partial charge on any atom is 0.126 e. The monoisotopic (exact) mass is 253 g/mol. The lowest BCUT2D eigenvalue weighted by molar-refractivity contribution is 0.309. The van der Waals surface area contributed by atoms with E-state index in [2.05, 4.69) is 29.2 Å². The molecule has 17 heavy (non-hydrogen) atoms. The van der Waals surface area contributed by atoms with E-state index >= 15 is 0 Å². The number of rotatable bonds is 6. The summed E-state index contributed by atoms with van der Waals surface area (Å²) in [6.07, 6.45) is 2.76. The first-order chi connectivity index (χ1) is 8.19. The smallest absolute Gasteiger partial charge is 0.126 e. The Balaban J connectivity index is 1.99. The first-order valence-corrected chi connectivity index (χ1v) is 6.64. The van der Waals surface area contributed by atoms with Gasteiger partial charge in [-0.1, -0.05) is 11.6 Å². The summed E-state index contributed by atoms with van der Waals surface area (Å²) in [6, 6.07) is 3.85. The molecule has 0 amide bonds. The Morgan fingerprint density at radius 1 is 1.47 bits per heavy atom. The Morgan fingerprint density at radius 3 is 2.88 bits per heavy atom. The maximum absolute atomic E-state index is 6.18. The van der Waals surface area contributed by atoms with Crippen LogP contribution >= 0.6 is 11.6 Å². The van der Waals surface area contributed by atoms with E-state index in [-0.39, 0.29) is 0 Å². The number of nitrogens with one attached hydrogen (secondary N) is 1. The van der Waals surface area contributed by atoms with Gasteiger partial charge in [0, 0.05) is 19.6 Å². The minimum absolute atomic E-state index is 0.759. The van der Waals surface area contributed by atoms with Crippen LogP contribution in [0, 0.1) is 5.92 Å². The van der Waals surface area contributed by atoms with Crippen LogP contribution in [-0.2, 0) is 6.54 Å². The molecule has 1 saturated carbocycles. The van der Waals surface area contributed by atoms with E-state index in [0.717, 1.165) is 42.1 Å². The van der Waals surface area contributed by atoms with Gasteiger partial charge >= 0.3 is 0 Å². The number of hydrogen-bond acceptors (Lipinski definition) is 3. The van der Waals surface area contributed by atoms with Crippen LogP contribution < -0.4 is 5.32 Å². The molecule has 1 fully saturated rings. The second kappa shape index (κ2) is 5.69. The van der Waals surface area contributed by atoms with E-state index in [1.165, 1.54) is 12.8 Å². The summed E-state index contributed by atoms with van der Waals surface area (Å²) in [6.45, 7) is 4.93. The summed E-state index contributed by atoms with van der Waals surface area (Å²) in [7, 11) is 2.14. The van der Waals surface area contributed by atoms with E-state index in [1.807, 2.05) is 12.1 Å². The van der Waals surface area contributed by atoms with E-state index in [1.54, 1.807) is 0 Å². The lowest BCUT2D eigenvalue weighted by atomic mass is 10.3. The van der Waals surface area contributed by atoms with E-state index in [9.17, 15) is 0 Å². The van der Waals surface area contributed by atoms with Crippen LogP contribution in [0.3, 0.4) is 0 Å². The highest BCUT2D eigenvalue weighted by molar-refractivity contribution is 6.31. The van der Waals surface area contributed by atoms with Crippen molar-refractivity contribution in [3.05, 3.63) is 22.8 Å². The molecule has 94 valence electrons. The van der Waals surface area contributed by atoms with Crippen molar-refractivity contribution in [2.45, 2.75) is 26.3 Å². The van der Waals surface area contributed by atoms with Crippen molar-refractivity contribution in [2.75, 3.05) is 25.5 Å². The van der Waals surface area contributed by atoms with Gasteiger partial charge in [0.25, 0.3) is 0 Å².